The van der Waals surface area contributed by atoms with Gasteiger partial charge in [-0.05, 0) is 22.6 Å². The smallest absolute Gasteiger partial charge is 0.429 e. The van der Waals surface area contributed by atoms with Crippen LogP contribution < -0.4 is 17.1 Å². The quantitative estimate of drug-likeness (QED) is 0.310. The van der Waals surface area contributed by atoms with Crippen LogP contribution in [0.4, 0.5) is 5.69 Å². The molecule has 0 aliphatic rings. The molecule has 0 amide bonds. The molecule has 9 nitrogen and oxygen atoms in total. The van der Waals surface area contributed by atoms with Gasteiger partial charge in [0.15, 0.2) is 9.87 Å². The Morgan fingerprint density at radius 3 is 2.05 bits per heavy atom. The van der Waals surface area contributed by atoms with Gasteiger partial charge in [0, 0.05) is 0 Å². The van der Waals surface area contributed by atoms with Crippen LogP contribution in [0.25, 0.3) is 4.98 Å². The Morgan fingerprint density at radius 1 is 1.25 bits per heavy atom. The van der Waals surface area contributed by atoms with Crippen molar-refractivity contribution in [3.8, 4) is 5.75 Å². The van der Waals surface area contributed by atoms with E-state index in [1.807, 2.05) is 0 Å². The minimum atomic E-state index is -4.87. The summed E-state index contributed by atoms with van der Waals surface area (Å²) in [6.45, 7) is 0. The molecule has 20 heavy (non-hydrogen) atoms. The summed E-state index contributed by atoms with van der Waals surface area (Å²) in [7, 11) is -8.62. The van der Waals surface area contributed by atoms with E-state index in [4.69, 9.17) is 14.5 Å². The van der Waals surface area contributed by atoms with Crippen LogP contribution in [0.15, 0.2) is 15.9 Å². The normalized spacial score (nSPS) is 11.3. The fourth-order valence-electron chi connectivity index (χ4n) is 1.27. The summed E-state index contributed by atoms with van der Waals surface area (Å²) in [5.41, 5.74) is -0.580. The molecule has 0 saturated heterocycles. The summed E-state index contributed by atoms with van der Waals surface area (Å²) >= 11 is 1.29. The Balaban J connectivity index is 0.00000361. The van der Waals surface area contributed by atoms with E-state index in [-0.39, 0.29) is 12.4 Å². The zero-order chi connectivity index (χ0) is 15.0. The van der Waals surface area contributed by atoms with Gasteiger partial charge < -0.3 is 17.1 Å². The van der Waals surface area contributed by atoms with Crippen molar-refractivity contribution >= 4 is 48.5 Å². The molecule has 0 spiro atoms. The Labute approximate surface area is 134 Å². The maximum absolute atomic E-state index is 11.3. The molecule has 0 fully saturated rings. The van der Waals surface area contributed by atoms with E-state index in [9.17, 15) is 16.8 Å². The number of rotatable bonds is 3. The Morgan fingerprint density at radius 2 is 1.75 bits per heavy atom. The standard InChI is InChI=1S/C7H5IN2O7S2.ClH/c1-17-6-3(10-9)2-4(18(11,12)13)5(8)7(6)19(14,15)16;/h2H,1H3,(H-,11,12,13,14,15,16);1H. The zero-order valence-corrected chi connectivity index (χ0v) is 14.0. The zero-order valence-electron chi connectivity index (χ0n) is 9.48. The van der Waals surface area contributed by atoms with Gasteiger partial charge in [0.2, 0.25) is 11.1 Å². The van der Waals surface area contributed by atoms with E-state index in [0.717, 1.165) is 7.11 Å². The summed E-state index contributed by atoms with van der Waals surface area (Å²) in [5.74, 6) is -0.554. The average molecular weight is 457 g/mol. The highest BCUT2D eigenvalue weighted by Gasteiger charge is 2.35. The topological polar surface area (TPSA) is 146 Å². The second kappa shape index (κ2) is 6.37. The van der Waals surface area contributed by atoms with Gasteiger partial charge in [-0.1, -0.05) is 0 Å². The van der Waals surface area contributed by atoms with Crippen molar-refractivity contribution in [2.75, 3.05) is 7.11 Å². The van der Waals surface area contributed by atoms with E-state index in [1.54, 1.807) is 0 Å². The van der Waals surface area contributed by atoms with Gasteiger partial charge in [-0.15, -0.1) is 0 Å². The molecule has 13 heteroatoms. The number of ether oxygens (including phenoxy) is 1. The van der Waals surface area contributed by atoms with Gasteiger partial charge in [0.1, 0.15) is 4.90 Å². The molecule has 2 N–H and O–H groups in total. The van der Waals surface area contributed by atoms with Gasteiger partial charge in [0.25, 0.3) is 20.2 Å². The van der Waals surface area contributed by atoms with Crippen molar-refractivity contribution in [3.63, 3.8) is 0 Å². The summed E-state index contributed by atoms with van der Waals surface area (Å²) < 4.78 is 66.9. The monoisotopic (exact) mass is 456 g/mol. The number of methoxy groups -OCH3 is 1. The van der Waals surface area contributed by atoms with Crippen LogP contribution in [0, 0.1) is 8.96 Å². The van der Waals surface area contributed by atoms with Gasteiger partial charge >= 0.3 is 5.69 Å². The number of hydrogen-bond donors (Lipinski definition) is 2. The highest BCUT2D eigenvalue weighted by atomic mass is 127. The summed E-state index contributed by atoms with van der Waals surface area (Å²) in [6.07, 6.45) is 0. The third-order valence-electron chi connectivity index (χ3n) is 1.97. The van der Waals surface area contributed by atoms with Gasteiger partial charge in [0.05, 0.1) is 16.7 Å². The lowest BCUT2D eigenvalue weighted by Crippen LogP contribution is -3.00. The first kappa shape index (κ1) is 19.3. The van der Waals surface area contributed by atoms with Crippen molar-refractivity contribution in [1.82, 2.24) is 0 Å². The first-order chi connectivity index (χ1) is 8.54. The van der Waals surface area contributed by atoms with E-state index >= 15 is 0 Å². The molecule has 1 aromatic rings. The Bertz CT molecular complexity index is 784. The summed E-state index contributed by atoms with van der Waals surface area (Å²) in [5, 5.41) is 8.71. The van der Waals surface area contributed by atoms with Crippen LogP contribution in [-0.2, 0) is 20.2 Å². The molecule has 0 radical (unpaired) electrons. The van der Waals surface area contributed by atoms with Crippen LogP contribution >= 0.6 is 22.6 Å². The third kappa shape index (κ3) is 3.68. The number of halogens is 2. The van der Waals surface area contributed by atoms with Gasteiger partial charge in [-0.2, -0.15) is 16.8 Å². The molecule has 0 atom stereocenters. The molecule has 1 rings (SSSR count). The molecule has 0 unspecified atom stereocenters. The van der Waals surface area contributed by atoms with Crippen molar-refractivity contribution < 1.29 is 43.1 Å². The van der Waals surface area contributed by atoms with E-state index in [2.05, 4.69) is 9.71 Å². The van der Waals surface area contributed by atoms with Crippen molar-refractivity contribution in [1.29, 1.82) is 5.39 Å². The molecular formula is C7H6ClIN2O7S2. The SMILES string of the molecule is COc1c([N+]#N)cc(S(=O)(=O)O)c(I)c1S(=O)(=O)O.[Cl-]. The molecule has 0 bridgehead atoms. The van der Waals surface area contributed by atoms with E-state index in [1.165, 1.54) is 22.6 Å². The van der Waals surface area contributed by atoms with Crippen LogP contribution in [0.2, 0.25) is 0 Å². The molecule has 0 aliphatic heterocycles. The second-order valence-electron chi connectivity index (χ2n) is 3.12. The third-order valence-corrected chi connectivity index (χ3v) is 5.61. The molecule has 0 aliphatic carbocycles. The maximum atomic E-state index is 11.3. The molecule has 112 valence electrons. The minimum Gasteiger partial charge on any atom is -1.00 e. The van der Waals surface area contributed by atoms with Gasteiger partial charge in [-0.3, -0.25) is 9.11 Å². The predicted octanol–water partition coefficient (Wildman–Crippen LogP) is -1.72. The maximum Gasteiger partial charge on any atom is 0.429 e. The Kier molecular flexibility index (Phi) is 6.14. The first-order valence-electron chi connectivity index (χ1n) is 4.24. The molecule has 0 saturated carbocycles. The molecule has 0 aromatic heterocycles. The lowest BCUT2D eigenvalue weighted by atomic mass is 10.3. The van der Waals surface area contributed by atoms with Crippen LogP contribution in [-0.4, -0.2) is 33.1 Å². The van der Waals surface area contributed by atoms with Crippen molar-refractivity contribution in [3.05, 3.63) is 14.6 Å². The number of hydrogen-bond acceptors (Lipinski definition) is 6. The van der Waals surface area contributed by atoms with E-state index < -0.39 is 45.0 Å². The number of benzene rings is 1. The summed E-state index contributed by atoms with van der Waals surface area (Å²) in [6, 6.07) is 0.699. The first-order valence-corrected chi connectivity index (χ1v) is 8.20. The second-order valence-corrected chi connectivity index (χ2v) is 6.95. The largest absolute Gasteiger partial charge is 1.00 e. The number of nitrogens with zero attached hydrogens (tertiary/aromatic N) is 2. The lowest BCUT2D eigenvalue weighted by molar-refractivity contribution is -0.0000127. The lowest BCUT2D eigenvalue weighted by Gasteiger charge is -2.08. The fourth-order valence-corrected chi connectivity index (χ4v) is 4.75. The molecular weight excluding hydrogens is 451 g/mol. The fraction of sp³-hybridized carbons (Fsp3) is 0.143. The van der Waals surface area contributed by atoms with Crippen molar-refractivity contribution in [2.45, 2.75) is 9.79 Å². The number of diazo groups is 1. The predicted molar refractivity (Wildman–Crippen MR) is 70.1 cm³/mol. The average Bonchev–Trinajstić information content (AvgIpc) is 2.24. The highest BCUT2D eigenvalue weighted by Crippen LogP contribution is 2.41. The molecule has 0 heterocycles. The summed E-state index contributed by atoms with van der Waals surface area (Å²) in [4.78, 5) is 0.895. The van der Waals surface area contributed by atoms with E-state index in [0.29, 0.717) is 6.07 Å². The van der Waals surface area contributed by atoms with Gasteiger partial charge in [-0.25, -0.2) is 0 Å². The minimum absolute atomic E-state index is 0. The van der Waals surface area contributed by atoms with Crippen LogP contribution in [0.1, 0.15) is 0 Å². The molecule has 1 aromatic carbocycles. The van der Waals surface area contributed by atoms with Crippen molar-refractivity contribution in [2.24, 2.45) is 0 Å². The highest BCUT2D eigenvalue weighted by molar-refractivity contribution is 14.1. The van der Waals surface area contributed by atoms with Crippen LogP contribution in [0.3, 0.4) is 0 Å². The Hall–Kier alpha value is -0.720. The van der Waals surface area contributed by atoms with Crippen LogP contribution in [0.5, 0.6) is 5.75 Å².